The summed E-state index contributed by atoms with van der Waals surface area (Å²) in [7, 11) is 0. The Bertz CT molecular complexity index is 3930. The van der Waals surface area contributed by atoms with E-state index in [1.54, 1.807) is 15.9 Å². The number of rotatable bonds is 5. The molecule has 0 fully saturated rings. The van der Waals surface area contributed by atoms with Crippen molar-refractivity contribution in [1.82, 2.24) is 9.13 Å². The van der Waals surface area contributed by atoms with E-state index in [4.69, 9.17) is 2.74 Å². The van der Waals surface area contributed by atoms with Gasteiger partial charge in [0.2, 0.25) is 0 Å². The molecule has 57 heavy (non-hydrogen) atoms. The van der Waals surface area contributed by atoms with Gasteiger partial charge in [-0.25, -0.2) is 0 Å². The van der Waals surface area contributed by atoms with Crippen LogP contribution in [0.15, 0.2) is 206 Å². The van der Waals surface area contributed by atoms with Gasteiger partial charge >= 0.3 is 0 Å². The maximum Gasteiger partial charge on any atom is 0.0645 e. The molecule has 0 aliphatic rings. The van der Waals surface area contributed by atoms with E-state index in [-0.39, 0.29) is 57.6 Å². The summed E-state index contributed by atoms with van der Waals surface area (Å²) in [6, 6.07) is 53.1. The molecule has 9 aromatic carbocycles. The molecule has 0 unspecified atom stereocenters. The minimum atomic E-state index is -0.424. The molecule has 0 N–H and O–H groups in total. The Hall–Kier alpha value is -7.20. The van der Waals surface area contributed by atoms with Gasteiger partial charge in [0.25, 0.3) is 0 Å². The van der Waals surface area contributed by atoms with Gasteiger partial charge in [0.05, 0.1) is 37.3 Å². The zero-order valence-corrected chi connectivity index (χ0v) is 31.2. The Morgan fingerprint density at radius 1 is 0.386 bits per heavy atom. The van der Waals surface area contributed by atoms with Crippen molar-refractivity contribution in [3.8, 4) is 44.8 Å². The molecule has 0 amide bonds. The van der Waals surface area contributed by atoms with Crippen molar-refractivity contribution >= 4 is 75.1 Å². The van der Waals surface area contributed by atoms with Gasteiger partial charge in [0.15, 0.2) is 0 Å². The third-order valence-corrected chi connectivity index (χ3v) is 12.3. The monoisotopic (exact) mass is 749 g/mol. The van der Waals surface area contributed by atoms with Crippen LogP contribution in [0.25, 0.3) is 109 Å². The standard InChI is InChI=1S/C54H34N2S/c1-3-14-35(15-4-1)40-18-7-10-22-47(40)56-48-23-11-8-19-42(48)44-32-37(26-29-49(44)56)38-27-30-50-46(33-38)54-41(36-16-5-2-6-17-36)21-13-24-51(54)55(50)39-28-31-53-45(34-39)43-20-9-12-25-52(43)57-53/h1-34H/i8D,11D,19D,23D,26D,29D,32D. The van der Waals surface area contributed by atoms with Crippen LogP contribution in [0.1, 0.15) is 9.60 Å². The number of para-hydroxylation sites is 2. The molecule has 2 nitrogen and oxygen atoms in total. The second kappa shape index (κ2) is 12.7. The molecule has 3 heteroatoms. The summed E-state index contributed by atoms with van der Waals surface area (Å²) >= 11 is 1.78. The van der Waals surface area contributed by atoms with Gasteiger partial charge in [-0.05, 0) is 94.5 Å². The van der Waals surface area contributed by atoms with Crippen LogP contribution < -0.4 is 0 Å². The first-order valence-corrected chi connectivity index (χ1v) is 19.8. The predicted molar refractivity (Wildman–Crippen MR) is 244 cm³/mol. The van der Waals surface area contributed by atoms with Gasteiger partial charge in [-0.1, -0.05) is 139 Å². The first-order chi connectivity index (χ1) is 31.2. The minimum absolute atomic E-state index is 0.0804. The molecule has 0 spiro atoms. The Morgan fingerprint density at radius 3 is 1.98 bits per heavy atom. The molecule has 12 rings (SSSR count). The Balaban J connectivity index is 1.17. The van der Waals surface area contributed by atoms with E-state index in [0.717, 1.165) is 49.7 Å². The molecule has 0 saturated carbocycles. The number of benzene rings is 9. The van der Waals surface area contributed by atoms with Gasteiger partial charge in [0, 0.05) is 53.0 Å². The first kappa shape index (κ1) is 25.8. The SMILES string of the molecule is [2H]c1c([2H])c([2H])c2c(c1[2H])c1c([2H])c(-c3ccc4c(c3)c3c(-c5ccccc5)cccc3n4-c3ccc4sc5ccccc5c4c3)c([2H])c([2H])c1n2-c1ccccc1-c1ccccc1. The molecule has 0 atom stereocenters. The van der Waals surface area contributed by atoms with Crippen molar-refractivity contribution in [3.05, 3.63) is 206 Å². The molecule has 0 aliphatic heterocycles. The van der Waals surface area contributed by atoms with Crippen LogP contribution in [0.2, 0.25) is 0 Å². The Kier molecular flexibility index (Phi) is 5.74. The number of thiophene rings is 1. The average Bonchev–Trinajstić information content (AvgIpc) is 4.01. The van der Waals surface area contributed by atoms with Crippen LogP contribution in [0, 0.1) is 0 Å². The van der Waals surface area contributed by atoms with Crippen molar-refractivity contribution in [3.63, 3.8) is 0 Å². The van der Waals surface area contributed by atoms with Crippen LogP contribution >= 0.6 is 11.3 Å². The molecule has 0 bridgehead atoms. The van der Waals surface area contributed by atoms with Crippen molar-refractivity contribution < 1.29 is 9.60 Å². The maximum absolute atomic E-state index is 10.0. The van der Waals surface area contributed by atoms with E-state index in [0.29, 0.717) is 11.3 Å². The number of nitrogens with zero attached hydrogens (tertiary/aromatic N) is 2. The largest absolute Gasteiger partial charge is 0.309 e. The highest BCUT2D eigenvalue weighted by atomic mass is 32.1. The van der Waals surface area contributed by atoms with Crippen molar-refractivity contribution in [1.29, 1.82) is 0 Å². The summed E-state index contributed by atoms with van der Waals surface area (Å²) in [5.74, 6) is 0. The van der Waals surface area contributed by atoms with E-state index < -0.39 is 12.1 Å². The normalized spacial score (nSPS) is 13.6. The van der Waals surface area contributed by atoms with E-state index in [1.807, 2.05) is 91.0 Å². The lowest BCUT2D eigenvalue weighted by atomic mass is 9.97. The first-order valence-electron chi connectivity index (χ1n) is 22.4. The number of hydrogen-bond acceptors (Lipinski definition) is 1. The summed E-state index contributed by atoms with van der Waals surface area (Å²) in [4.78, 5) is 0. The van der Waals surface area contributed by atoms with Crippen molar-refractivity contribution in [2.45, 2.75) is 0 Å². The van der Waals surface area contributed by atoms with Gasteiger partial charge < -0.3 is 9.13 Å². The van der Waals surface area contributed by atoms with Crippen LogP contribution in [0.4, 0.5) is 0 Å². The summed E-state index contributed by atoms with van der Waals surface area (Å²) < 4.78 is 72.0. The second-order valence-electron chi connectivity index (χ2n) is 14.3. The van der Waals surface area contributed by atoms with Crippen LogP contribution in [-0.4, -0.2) is 9.13 Å². The Morgan fingerprint density at radius 2 is 1.11 bits per heavy atom. The van der Waals surface area contributed by atoms with Gasteiger partial charge in [-0.3, -0.25) is 0 Å². The quantitative estimate of drug-likeness (QED) is 0.166. The molecule has 12 aromatic rings. The highest BCUT2D eigenvalue weighted by Gasteiger charge is 2.20. The number of fused-ring (bicyclic) bond motifs is 9. The van der Waals surface area contributed by atoms with E-state index >= 15 is 0 Å². The minimum Gasteiger partial charge on any atom is -0.309 e. The van der Waals surface area contributed by atoms with Gasteiger partial charge in [0.1, 0.15) is 0 Å². The van der Waals surface area contributed by atoms with Crippen LogP contribution in [0.5, 0.6) is 0 Å². The van der Waals surface area contributed by atoms with Gasteiger partial charge in [-0.2, -0.15) is 0 Å². The number of hydrogen-bond donors (Lipinski definition) is 0. The summed E-state index contributed by atoms with van der Waals surface area (Å²) in [5, 5.41) is 4.65. The summed E-state index contributed by atoms with van der Waals surface area (Å²) in [6.45, 7) is 0. The fourth-order valence-electron chi connectivity index (χ4n) is 8.65. The molecule has 3 heterocycles. The fourth-order valence-corrected chi connectivity index (χ4v) is 9.73. The van der Waals surface area contributed by atoms with Crippen molar-refractivity contribution in [2.75, 3.05) is 0 Å². The molecular formula is C54H34N2S. The van der Waals surface area contributed by atoms with Crippen LogP contribution in [-0.2, 0) is 0 Å². The van der Waals surface area contributed by atoms with Gasteiger partial charge in [-0.15, -0.1) is 11.3 Å². The molecule has 266 valence electrons. The lowest BCUT2D eigenvalue weighted by Gasteiger charge is -2.14. The topological polar surface area (TPSA) is 9.86 Å². The summed E-state index contributed by atoms with van der Waals surface area (Å²) in [5.41, 5.74) is 8.37. The van der Waals surface area contributed by atoms with E-state index in [9.17, 15) is 6.85 Å². The molecule has 0 aliphatic carbocycles. The predicted octanol–water partition coefficient (Wildman–Crippen LogP) is 15.2. The summed E-state index contributed by atoms with van der Waals surface area (Å²) in [6.07, 6.45) is 0. The zero-order chi connectivity index (χ0) is 43.5. The second-order valence-corrected chi connectivity index (χ2v) is 15.4. The zero-order valence-electron chi connectivity index (χ0n) is 37.4. The smallest absolute Gasteiger partial charge is 0.0645 e. The van der Waals surface area contributed by atoms with E-state index in [1.165, 1.54) is 20.2 Å². The number of aromatic nitrogens is 2. The molecule has 0 saturated heterocycles. The third-order valence-electron chi connectivity index (χ3n) is 11.2. The highest BCUT2D eigenvalue weighted by Crippen LogP contribution is 2.43. The average molecular weight is 750 g/mol. The third kappa shape index (κ3) is 4.96. The van der Waals surface area contributed by atoms with E-state index in [2.05, 4.69) is 77.4 Å². The lowest BCUT2D eigenvalue weighted by Crippen LogP contribution is -1.97. The molecule has 0 radical (unpaired) electrons. The van der Waals surface area contributed by atoms with Crippen molar-refractivity contribution in [2.24, 2.45) is 0 Å². The molecular weight excluding hydrogens is 709 g/mol. The maximum atomic E-state index is 10.0. The molecule has 3 aromatic heterocycles. The fraction of sp³-hybridized carbons (Fsp3) is 0. The van der Waals surface area contributed by atoms with Crippen LogP contribution in [0.3, 0.4) is 0 Å². The lowest BCUT2D eigenvalue weighted by molar-refractivity contribution is 1.18. The Labute approximate surface area is 343 Å². The highest BCUT2D eigenvalue weighted by molar-refractivity contribution is 7.25.